The summed E-state index contributed by atoms with van der Waals surface area (Å²) in [6.07, 6.45) is 2.66. The summed E-state index contributed by atoms with van der Waals surface area (Å²) in [5, 5.41) is 13.4. The van der Waals surface area contributed by atoms with Gasteiger partial charge in [0.05, 0.1) is 6.54 Å². The van der Waals surface area contributed by atoms with E-state index in [1.165, 1.54) is 5.56 Å². The van der Waals surface area contributed by atoms with E-state index in [1.54, 1.807) is 11.3 Å². The topological polar surface area (TPSA) is 54.3 Å². The maximum atomic E-state index is 12.3. The molecule has 1 fully saturated rings. The van der Waals surface area contributed by atoms with E-state index >= 15 is 0 Å². The maximum absolute atomic E-state index is 12.3. The number of rotatable bonds is 5. The van der Waals surface area contributed by atoms with E-state index in [4.69, 9.17) is 0 Å². The van der Waals surface area contributed by atoms with Gasteiger partial charge in [0, 0.05) is 45.1 Å². The van der Waals surface area contributed by atoms with Crippen molar-refractivity contribution in [2.45, 2.75) is 58.7 Å². The second-order valence-electron chi connectivity index (χ2n) is 8.22. The summed E-state index contributed by atoms with van der Waals surface area (Å²) >= 11 is 1.75. The quantitative estimate of drug-likeness (QED) is 0.791. The van der Waals surface area contributed by atoms with E-state index in [9.17, 15) is 4.79 Å². The Labute approximate surface area is 165 Å². The molecule has 2 aromatic heterocycles. The number of carbonyl (C=O) groups is 1. The van der Waals surface area contributed by atoms with Gasteiger partial charge >= 0.3 is 0 Å². The molecule has 1 amide bonds. The molecule has 0 radical (unpaired) electrons. The van der Waals surface area contributed by atoms with Crippen LogP contribution in [0.3, 0.4) is 0 Å². The molecule has 0 N–H and O–H groups in total. The molecule has 6 nitrogen and oxygen atoms in total. The Morgan fingerprint density at radius 2 is 2.04 bits per heavy atom. The van der Waals surface area contributed by atoms with Crippen LogP contribution in [0.4, 0.5) is 0 Å². The molecule has 0 aliphatic carbocycles. The summed E-state index contributed by atoms with van der Waals surface area (Å²) in [5.74, 6) is 3.38. The van der Waals surface area contributed by atoms with E-state index in [2.05, 4.69) is 50.3 Å². The molecule has 0 saturated carbocycles. The number of nitrogens with zero attached hydrogens (tertiary/aromatic N) is 5. The van der Waals surface area contributed by atoms with Crippen LogP contribution in [0.2, 0.25) is 0 Å². The number of carbonyl (C=O) groups excluding carboxylic acids is 1. The Hall–Kier alpha value is -1.73. The minimum atomic E-state index is 0.302. The maximum Gasteiger partial charge on any atom is 0.222 e. The van der Waals surface area contributed by atoms with Gasteiger partial charge in [-0.1, -0.05) is 13.8 Å². The van der Waals surface area contributed by atoms with Crippen molar-refractivity contribution in [3.63, 3.8) is 0 Å². The first-order valence-electron chi connectivity index (χ1n) is 10.0. The zero-order valence-corrected chi connectivity index (χ0v) is 17.1. The fourth-order valence-corrected chi connectivity index (χ4v) is 4.83. The minimum absolute atomic E-state index is 0.302. The number of thiophene rings is 1. The van der Waals surface area contributed by atoms with Gasteiger partial charge in [-0.15, -0.1) is 10.2 Å². The summed E-state index contributed by atoms with van der Waals surface area (Å²) in [5.41, 5.74) is 1.38. The number of fused-ring (bicyclic) bond motifs is 1. The highest BCUT2D eigenvalue weighted by Crippen LogP contribution is 2.29. The minimum Gasteiger partial charge on any atom is -0.343 e. The van der Waals surface area contributed by atoms with Gasteiger partial charge in [0.15, 0.2) is 0 Å². The van der Waals surface area contributed by atoms with E-state index in [1.807, 2.05) is 4.90 Å². The molecule has 0 spiro atoms. The van der Waals surface area contributed by atoms with Crippen molar-refractivity contribution >= 4 is 17.2 Å². The van der Waals surface area contributed by atoms with E-state index in [0.717, 1.165) is 63.8 Å². The fourth-order valence-electron chi connectivity index (χ4n) is 4.17. The normalized spacial score (nSPS) is 18.9. The monoisotopic (exact) mass is 387 g/mol. The third-order valence-corrected chi connectivity index (χ3v) is 6.37. The molecule has 0 unspecified atom stereocenters. The molecule has 0 bridgehead atoms. The van der Waals surface area contributed by atoms with E-state index < -0.39 is 0 Å². The lowest BCUT2D eigenvalue weighted by atomic mass is 9.95. The molecule has 4 heterocycles. The molecule has 2 aromatic rings. The van der Waals surface area contributed by atoms with Crippen molar-refractivity contribution in [3.8, 4) is 0 Å². The number of amides is 1. The lowest BCUT2D eigenvalue weighted by molar-refractivity contribution is -0.133. The summed E-state index contributed by atoms with van der Waals surface area (Å²) in [7, 11) is 0. The molecule has 4 rings (SSSR count). The molecule has 2 aliphatic rings. The average molecular weight is 388 g/mol. The van der Waals surface area contributed by atoms with Gasteiger partial charge in [-0.2, -0.15) is 11.3 Å². The largest absolute Gasteiger partial charge is 0.343 e. The van der Waals surface area contributed by atoms with Crippen LogP contribution in [0.5, 0.6) is 0 Å². The Morgan fingerprint density at radius 3 is 2.74 bits per heavy atom. The first-order chi connectivity index (χ1) is 13.1. The average Bonchev–Trinajstić information content (AvgIpc) is 3.30. The SMILES string of the molecule is CC(C)CC(=O)N1CCC(c2nnc3n2CCN(Cc2ccsc2)C3)CC1. The Kier molecular flexibility index (Phi) is 5.59. The highest BCUT2D eigenvalue weighted by atomic mass is 32.1. The smallest absolute Gasteiger partial charge is 0.222 e. The molecule has 2 aliphatic heterocycles. The highest BCUT2D eigenvalue weighted by Gasteiger charge is 2.30. The van der Waals surface area contributed by atoms with Gasteiger partial charge in [0.25, 0.3) is 0 Å². The number of hydrogen-bond acceptors (Lipinski definition) is 5. The Balaban J connectivity index is 1.35. The first kappa shape index (κ1) is 18.6. The van der Waals surface area contributed by atoms with Gasteiger partial charge in [-0.3, -0.25) is 9.69 Å². The fraction of sp³-hybridized carbons (Fsp3) is 0.650. The van der Waals surface area contributed by atoms with Crippen LogP contribution in [0.1, 0.15) is 56.2 Å². The van der Waals surface area contributed by atoms with Crippen LogP contribution in [0.25, 0.3) is 0 Å². The van der Waals surface area contributed by atoms with Crippen molar-refractivity contribution in [1.29, 1.82) is 0 Å². The van der Waals surface area contributed by atoms with Crippen molar-refractivity contribution < 1.29 is 4.79 Å². The van der Waals surface area contributed by atoms with Crippen LogP contribution >= 0.6 is 11.3 Å². The third-order valence-electron chi connectivity index (χ3n) is 5.64. The zero-order valence-electron chi connectivity index (χ0n) is 16.3. The van der Waals surface area contributed by atoms with Crippen LogP contribution in [0.15, 0.2) is 16.8 Å². The standard InChI is InChI=1S/C20H29N5OS/c1-15(2)11-19(26)24-6-3-17(4-7-24)20-22-21-18-13-23(8-9-25(18)20)12-16-5-10-27-14-16/h5,10,14-15,17H,3-4,6-9,11-13H2,1-2H3. The van der Waals surface area contributed by atoms with Crippen molar-refractivity contribution in [3.05, 3.63) is 34.0 Å². The van der Waals surface area contributed by atoms with Gasteiger partial charge in [-0.05, 0) is 41.1 Å². The summed E-state index contributed by atoms with van der Waals surface area (Å²) < 4.78 is 2.33. The van der Waals surface area contributed by atoms with E-state index in [0.29, 0.717) is 24.2 Å². The molecule has 1 saturated heterocycles. The highest BCUT2D eigenvalue weighted by molar-refractivity contribution is 7.07. The van der Waals surface area contributed by atoms with Gasteiger partial charge in [-0.25, -0.2) is 0 Å². The summed E-state index contributed by atoms with van der Waals surface area (Å²) in [4.78, 5) is 16.8. The lowest BCUT2D eigenvalue weighted by Gasteiger charge is -2.33. The molecule has 146 valence electrons. The van der Waals surface area contributed by atoms with Crippen LogP contribution in [-0.2, 0) is 24.4 Å². The zero-order chi connectivity index (χ0) is 18.8. The molecule has 0 aromatic carbocycles. The number of piperidine rings is 1. The molecule has 7 heteroatoms. The number of hydrogen-bond donors (Lipinski definition) is 0. The number of aromatic nitrogens is 3. The summed E-state index contributed by atoms with van der Waals surface area (Å²) in [6, 6.07) is 2.20. The number of likely N-dealkylation sites (tertiary alicyclic amines) is 1. The van der Waals surface area contributed by atoms with Crippen LogP contribution < -0.4 is 0 Å². The predicted molar refractivity (Wildman–Crippen MR) is 106 cm³/mol. The summed E-state index contributed by atoms with van der Waals surface area (Å²) in [6.45, 7) is 9.78. The second kappa shape index (κ2) is 8.10. The van der Waals surface area contributed by atoms with Crippen LogP contribution in [-0.4, -0.2) is 50.1 Å². The predicted octanol–water partition coefficient (Wildman–Crippen LogP) is 3.11. The lowest BCUT2D eigenvalue weighted by Crippen LogP contribution is -2.39. The second-order valence-corrected chi connectivity index (χ2v) is 9.00. The molecule has 0 atom stereocenters. The Morgan fingerprint density at radius 1 is 1.22 bits per heavy atom. The molecule has 27 heavy (non-hydrogen) atoms. The van der Waals surface area contributed by atoms with Gasteiger partial charge in [0.2, 0.25) is 5.91 Å². The van der Waals surface area contributed by atoms with E-state index in [-0.39, 0.29) is 0 Å². The van der Waals surface area contributed by atoms with Crippen LogP contribution in [0, 0.1) is 5.92 Å². The van der Waals surface area contributed by atoms with Crippen molar-refractivity contribution in [1.82, 2.24) is 24.6 Å². The molecular formula is C20H29N5OS. The first-order valence-corrected chi connectivity index (χ1v) is 11.0. The Bertz CT molecular complexity index is 761. The third kappa shape index (κ3) is 4.24. The van der Waals surface area contributed by atoms with Gasteiger partial charge in [0.1, 0.15) is 11.6 Å². The molecular weight excluding hydrogens is 358 g/mol. The van der Waals surface area contributed by atoms with Crippen molar-refractivity contribution in [2.75, 3.05) is 19.6 Å². The van der Waals surface area contributed by atoms with Gasteiger partial charge < -0.3 is 9.47 Å². The van der Waals surface area contributed by atoms with Crippen molar-refractivity contribution in [2.24, 2.45) is 5.92 Å².